The van der Waals surface area contributed by atoms with Gasteiger partial charge in [-0.2, -0.15) is 0 Å². The molecule has 10 rings (SSSR count). The van der Waals surface area contributed by atoms with Gasteiger partial charge in [-0.1, -0.05) is 51.9 Å². The summed E-state index contributed by atoms with van der Waals surface area (Å²) in [4.78, 5) is 43.6. The van der Waals surface area contributed by atoms with Crippen LogP contribution in [0.4, 0.5) is 0 Å². The number of nitrogens with one attached hydrogen (secondary N) is 2. The van der Waals surface area contributed by atoms with Gasteiger partial charge in [0.2, 0.25) is 0 Å². The SMILES string of the molecule is CC1(C)OC2C3(CCCC3)C(=O)OCC23C1C(=O)C(O)C1(C2CCCC2)C3CCC2(C)C(c3ccoc3CCCCCCC3CNCN3)OC(=O)C3OC321. The Balaban J connectivity index is 1.04. The number of aryl methyl sites for hydroxylation is 1. The maximum Gasteiger partial charge on any atom is 0.339 e. The van der Waals surface area contributed by atoms with Crippen LogP contribution in [-0.4, -0.2) is 78.2 Å². The van der Waals surface area contributed by atoms with E-state index in [1.165, 1.54) is 12.8 Å². The highest BCUT2D eigenvalue weighted by Crippen LogP contribution is 2.83. The number of fused-ring (bicyclic) bond motifs is 2. The predicted octanol–water partition coefficient (Wildman–Crippen LogP) is 5.46. The van der Waals surface area contributed by atoms with Crippen LogP contribution in [0.15, 0.2) is 16.7 Å². The number of hydrogen-bond acceptors (Lipinski definition) is 11. The minimum Gasteiger partial charge on any atom is -0.469 e. The Morgan fingerprint density at radius 1 is 0.907 bits per heavy atom. The van der Waals surface area contributed by atoms with Gasteiger partial charge in [-0.15, -0.1) is 0 Å². The van der Waals surface area contributed by atoms with E-state index in [2.05, 4.69) is 17.6 Å². The number of cyclic esters (lactones) is 2. The molecule has 11 atom stereocenters. The zero-order valence-electron chi connectivity index (χ0n) is 32.4. The molecule has 11 nitrogen and oxygen atoms in total. The summed E-state index contributed by atoms with van der Waals surface area (Å²) >= 11 is 0. The molecule has 3 spiro atoms. The van der Waals surface area contributed by atoms with Gasteiger partial charge >= 0.3 is 11.9 Å². The van der Waals surface area contributed by atoms with Gasteiger partial charge in [0.15, 0.2) is 11.9 Å². The zero-order chi connectivity index (χ0) is 37.3. The van der Waals surface area contributed by atoms with Crippen LogP contribution in [0.2, 0.25) is 0 Å². The van der Waals surface area contributed by atoms with E-state index in [9.17, 15) is 14.7 Å². The minimum atomic E-state index is -1.35. The molecule has 0 aromatic carbocycles. The van der Waals surface area contributed by atoms with Gasteiger partial charge in [-0.25, -0.2) is 4.79 Å². The molecule has 3 N–H and O–H groups in total. The van der Waals surface area contributed by atoms with Gasteiger partial charge in [-0.3, -0.25) is 9.59 Å². The number of aliphatic hydroxyl groups is 1. The minimum absolute atomic E-state index is 0.0477. The largest absolute Gasteiger partial charge is 0.469 e. The number of carbonyl (C=O) groups is 3. The Hall–Kier alpha value is -2.31. The van der Waals surface area contributed by atoms with Crippen LogP contribution in [0.3, 0.4) is 0 Å². The maximum atomic E-state index is 15.4. The zero-order valence-corrected chi connectivity index (χ0v) is 32.4. The lowest BCUT2D eigenvalue weighted by atomic mass is 9.32. The summed E-state index contributed by atoms with van der Waals surface area (Å²) < 4.78 is 33.0. The number of hydrogen-bond donors (Lipinski definition) is 3. The normalized spacial score (nSPS) is 45.7. The first-order valence-electron chi connectivity index (χ1n) is 21.4. The number of epoxide rings is 1. The molecule has 1 aromatic heterocycles. The van der Waals surface area contributed by atoms with Gasteiger partial charge in [0.05, 0.1) is 29.3 Å². The molecule has 0 bridgehead atoms. The van der Waals surface area contributed by atoms with Crippen LogP contribution in [0.1, 0.15) is 135 Å². The lowest BCUT2D eigenvalue weighted by molar-refractivity contribution is -0.282. The topological polar surface area (TPSA) is 149 Å². The van der Waals surface area contributed by atoms with Crippen LogP contribution in [0.5, 0.6) is 0 Å². The highest BCUT2D eigenvalue weighted by atomic mass is 16.7. The molecule has 5 saturated heterocycles. The third kappa shape index (κ3) is 4.40. The average Bonchev–Trinajstić information content (AvgIpc) is 3.83. The summed E-state index contributed by atoms with van der Waals surface area (Å²) in [6.45, 7) is 8.15. The molecule has 0 radical (unpaired) electrons. The standard InChI is InChI=1S/C43H60N2O9/c1-38(2)31-30(46)32(47)42(25-12-8-9-13-25)29(41(31)23-51-37(49)40(36(41)54-38)18-10-11-19-40)16-20-39(3)33(52-35(48)34-43(39,42)53-34)27-17-21-50-28(27)15-7-5-4-6-14-26-22-44-24-45-26/h17,21,25-26,29,31-34,36,44-45,47H,4-16,18-20,22-24H2,1-3H3. The number of ether oxygens (including phenoxy) is 4. The second kappa shape index (κ2) is 12.3. The van der Waals surface area contributed by atoms with Crippen molar-refractivity contribution >= 4 is 17.7 Å². The molecule has 54 heavy (non-hydrogen) atoms. The first kappa shape index (κ1) is 36.1. The quantitative estimate of drug-likeness (QED) is 0.168. The monoisotopic (exact) mass is 748 g/mol. The van der Waals surface area contributed by atoms with Crippen molar-refractivity contribution in [2.75, 3.05) is 19.8 Å². The van der Waals surface area contributed by atoms with E-state index < -0.39 is 69.2 Å². The van der Waals surface area contributed by atoms with Gasteiger partial charge < -0.3 is 39.1 Å². The summed E-state index contributed by atoms with van der Waals surface area (Å²) in [6.07, 6.45) is 12.9. The van der Waals surface area contributed by atoms with Crippen LogP contribution in [-0.2, 0) is 39.8 Å². The summed E-state index contributed by atoms with van der Waals surface area (Å²) in [5, 5.41) is 19.9. The molecule has 0 amide bonds. The fourth-order valence-corrected chi connectivity index (χ4v) is 15.1. The molecule has 296 valence electrons. The highest BCUT2D eigenvalue weighted by Gasteiger charge is 2.93. The lowest BCUT2D eigenvalue weighted by Gasteiger charge is -2.70. The Morgan fingerprint density at radius 2 is 1.69 bits per heavy atom. The fourth-order valence-electron chi connectivity index (χ4n) is 15.1. The molecular weight excluding hydrogens is 688 g/mol. The molecule has 1 aromatic rings. The van der Waals surface area contributed by atoms with Crippen LogP contribution in [0, 0.1) is 39.4 Å². The van der Waals surface area contributed by atoms with Crippen molar-refractivity contribution in [3.8, 4) is 0 Å². The lowest BCUT2D eigenvalue weighted by Crippen LogP contribution is -2.79. The van der Waals surface area contributed by atoms with E-state index >= 15 is 4.79 Å². The predicted molar refractivity (Wildman–Crippen MR) is 195 cm³/mol. The van der Waals surface area contributed by atoms with Crippen molar-refractivity contribution in [1.82, 2.24) is 10.6 Å². The van der Waals surface area contributed by atoms with E-state index in [1.54, 1.807) is 6.26 Å². The molecule has 4 aliphatic carbocycles. The third-order valence-corrected chi connectivity index (χ3v) is 17.0. The summed E-state index contributed by atoms with van der Waals surface area (Å²) in [7, 11) is 0. The Morgan fingerprint density at radius 3 is 2.44 bits per heavy atom. The van der Waals surface area contributed by atoms with E-state index in [1.807, 2.05) is 19.9 Å². The average molecular weight is 749 g/mol. The molecule has 6 heterocycles. The Bertz CT molecular complexity index is 1690. The number of Topliss-reactive ketones (excluding diaryl/α,β-unsaturated/α-hetero) is 1. The Labute approximate surface area is 318 Å². The van der Waals surface area contributed by atoms with Crippen molar-refractivity contribution in [3.05, 3.63) is 23.7 Å². The molecular formula is C43H60N2O9. The number of esters is 2. The Kier molecular flexibility index (Phi) is 8.24. The third-order valence-electron chi connectivity index (χ3n) is 17.0. The van der Waals surface area contributed by atoms with Crippen molar-refractivity contribution in [2.45, 2.75) is 165 Å². The smallest absolute Gasteiger partial charge is 0.339 e. The summed E-state index contributed by atoms with van der Waals surface area (Å²) in [5.74, 6) is -0.961. The first-order valence-corrected chi connectivity index (χ1v) is 21.4. The number of carbonyl (C=O) groups excluding carboxylic acids is 3. The summed E-state index contributed by atoms with van der Waals surface area (Å²) in [5.41, 5.74) is -4.63. The van der Waals surface area contributed by atoms with E-state index in [0.717, 1.165) is 88.7 Å². The molecule has 5 aliphatic heterocycles. The summed E-state index contributed by atoms with van der Waals surface area (Å²) in [6, 6.07) is 2.53. The molecule has 4 saturated carbocycles. The van der Waals surface area contributed by atoms with Crippen molar-refractivity contribution in [1.29, 1.82) is 0 Å². The van der Waals surface area contributed by atoms with Gasteiger partial charge in [0.1, 0.15) is 30.2 Å². The molecule has 9 aliphatic rings. The van der Waals surface area contributed by atoms with Crippen LogP contribution >= 0.6 is 0 Å². The molecule has 11 heteroatoms. The van der Waals surface area contributed by atoms with E-state index in [4.69, 9.17) is 23.4 Å². The highest BCUT2D eigenvalue weighted by molar-refractivity contribution is 5.92. The van der Waals surface area contributed by atoms with Crippen molar-refractivity contribution in [3.63, 3.8) is 0 Å². The van der Waals surface area contributed by atoms with Gasteiger partial charge in [0, 0.05) is 47.5 Å². The second-order valence-electron chi connectivity index (χ2n) is 19.6. The molecule has 11 unspecified atom stereocenters. The van der Waals surface area contributed by atoms with Crippen LogP contribution < -0.4 is 10.6 Å². The maximum absolute atomic E-state index is 15.4. The van der Waals surface area contributed by atoms with Gasteiger partial charge in [-0.05, 0) is 83.1 Å². The number of ketones is 1. The number of aliphatic hydroxyl groups excluding tert-OH is 1. The number of unbranched alkanes of at least 4 members (excludes halogenated alkanes) is 3. The van der Waals surface area contributed by atoms with E-state index in [0.29, 0.717) is 31.7 Å². The van der Waals surface area contributed by atoms with Crippen molar-refractivity contribution < 1.29 is 42.9 Å². The van der Waals surface area contributed by atoms with Crippen molar-refractivity contribution in [2.24, 2.45) is 39.4 Å². The first-order chi connectivity index (χ1) is 26.0. The number of rotatable bonds is 9. The van der Waals surface area contributed by atoms with Gasteiger partial charge in [0.25, 0.3) is 0 Å². The molecule has 9 fully saturated rings. The fraction of sp³-hybridized carbons (Fsp3) is 0.837. The van der Waals surface area contributed by atoms with Crippen LogP contribution in [0.25, 0.3) is 0 Å². The van der Waals surface area contributed by atoms with E-state index in [-0.39, 0.29) is 30.2 Å². The number of furan rings is 1. The second-order valence-corrected chi connectivity index (χ2v) is 19.6.